The first-order valence-electron chi connectivity index (χ1n) is 12.4. The molecule has 0 saturated heterocycles. The number of thiophene rings is 1. The van der Waals surface area contributed by atoms with Crippen LogP contribution in [0.3, 0.4) is 0 Å². The molecule has 3 heterocycles. The highest BCUT2D eigenvalue weighted by molar-refractivity contribution is 7.22. The van der Waals surface area contributed by atoms with Gasteiger partial charge in [0.05, 0.1) is 22.2 Å². The molecule has 0 aliphatic rings. The molecule has 9 nitrogen and oxygen atoms in total. The van der Waals surface area contributed by atoms with Gasteiger partial charge in [0.2, 0.25) is 5.95 Å². The maximum atomic E-state index is 13.8. The van der Waals surface area contributed by atoms with Crippen molar-refractivity contribution < 1.29 is 22.7 Å². The Hall–Kier alpha value is -3.94. The number of ether oxygens (including phenoxy) is 1. The van der Waals surface area contributed by atoms with Crippen molar-refractivity contribution in [1.29, 1.82) is 0 Å². The van der Waals surface area contributed by atoms with E-state index in [-0.39, 0.29) is 15.9 Å². The molecule has 3 aromatic heterocycles. The summed E-state index contributed by atoms with van der Waals surface area (Å²) in [6.45, 7) is 1.45. The van der Waals surface area contributed by atoms with Crippen LogP contribution >= 0.6 is 22.9 Å². The molecule has 0 atom stereocenters. The van der Waals surface area contributed by atoms with E-state index in [0.717, 1.165) is 39.9 Å². The van der Waals surface area contributed by atoms with Crippen molar-refractivity contribution in [1.82, 2.24) is 24.4 Å². The van der Waals surface area contributed by atoms with Crippen molar-refractivity contribution in [2.75, 3.05) is 32.6 Å². The lowest BCUT2D eigenvalue weighted by atomic mass is 10.2. The Morgan fingerprint density at radius 2 is 1.83 bits per heavy atom. The maximum absolute atomic E-state index is 13.8. The first-order valence-corrected chi connectivity index (χ1v) is 13.6. The highest BCUT2D eigenvalue weighted by Gasteiger charge is 2.42. The molecule has 0 spiro atoms. The summed E-state index contributed by atoms with van der Waals surface area (Å²) in [5.41, 5.74) is 1.56. The number of nitrogens with one attached hydrogen (secondary N) is 1. The molecule has 0 unspecified atom stereocenters. The van der Waals surface area contributed by atoms with Gasteiger partial charge in [-0.05, 0) is 62.0 Å². The lowest BCUT2D eigenvalue weighted by Crippen LogP contribution is -2.31. The molecule has 0 fully saturated rings. The normalized spacial score (nSPS) is 11.9. The van der Waals surface area contributed by atoms with E-state index < -0.39 is 23.7 Å². The molecule has 5 aromatic rings. The number of carbonyl (C=O) groups excluding carboxylic acids is 1. The van der Waals surface area contributed by atoms with Gasteiger partial charge >= 0.3 is 18.2 Å². The second-order valence-corrected chi connectivity index (χ2v) is 10.8. The van der Waals surface area contributed by atoms with Gasteiger partial charge in [0, 0.05) is 30.5 Å². The van der Waals surface area contributed by atoms with Gasteiger partial charge in [-0.25, -0.2) is 14.3 Å². The smallest absolute Gasteiger partial charge is 0.385 e. The predicted molar refractivity (Wildman–Crippen MR) is 154 cm³/mol. The number of rotatable bonds is 8. The molecule has 0 aliphatic heterocycles. The number of hydrogen-bond acceptors (Lipinski definition) is 8. The molecule has 41 heavy (non-hydrogen) atoms. The number of fused-ring (bicyclic) bond motifs is 2. The Balaban J connectivity index is 1.69. The van der Waals surface area contributed by atoms with Crippen LogP contribution in [0.25, 0.3) is 37.4 Å². The summed E-state index contributed by atoms with van der Waals surface area (Å²) in [6.07, 6.45) is -4.46. The van der Waals surface area contributed by atoms with Crippen LogP contribution in [0.4, 0.5) is 19.1 Å². The monoisotopic (exact) mass is 604 g/mol. The largest absolute Gasteiger partial charge is 0.491 e. The summed E-state index contributed by atoms with van der Waals surface area (Å²) in [7, 11) is 5.56. The van der Waals surface area contributed by atoms with Gasteiger partial charge in [-0.2, -0.15) is 18.2 Å². The number of esters is 1. The van der Waals surface area contributed by atoms with Gasteiger partial charge in [-0.15, -0.1) is 11.3 Å². The number of halogens is 4. The van der Waals surface area contributed by atoms with E-state index in [4.69, 9.17) is 11.6 Å². The molecule has 214 valence electrons. The molecule has 14 heteroatoms. The Bertz CT molecular complexity index is 1810. The standard InChI is InChI=1S/C27H24ClF3N6O3S/c1-32-11-4-12-36-20-10-9-17(13-18(20)33-25(36)35(2)3)37-23(38)22-19(34-26(37)40-24(39)27(29,30)31)14-21(41-22)15-5-7-16(28)8-6-15/h5-10,13-14,32H,4,11-12H2,1-3H3. The van der Waals surface area contributed by atoms with E-state index in [1.165, 1.54) is 0 Å². The van der Waals surface area contributed by atoms with Crippen molar-refractivity contribution in [3.05, 3.63) is 63.9 Å². The first kappa shape index (κ1) is 28.6. The molecule has 0 saturated carbocycles. The number of aromatic nitrogens is 4. The third-order valence-corrected chi connectivity index (χ3v) is 7.65. The van der Waals surface area contributed by atoms with Crippen LogP contribution in [0.15, 0.2) is 53.3 Å². The van der Waals surface area contributed by atoms with Crippen LogP contribution in [0.2, 0.25) is 5.02 Å². The minimum Gasteiger partial charge on any atom is -0.385 e. The average molecular weight is 605 g/mol. The molecular weight excluding hydrogens is 581 g/mol. The number of benzene rings is 2. The minimum atomic E-state index is -5.29. The molecule has 0 radical (unpaired) electrons. The number of alkyl halides is 3. The van der Waals surface area contributed by atoms with Gasteiger partial charge in [0.15, 0.2) is 0 Å². The zero-order valence-corrected chi connectivity index (χ0v) is 23.7. The summed E-state index contributed by atoms with van der Waals surface area (Å²) in [5, 5.41) is 3.63. The van der Waals surface area contributed by atoms with Gasteiger partial charge in [0.25, 0.3) is 5.56 Å². The number of hydrogen-bond donors (Lipinski definition) is 1. The van der Waals surface area contributed by atoms with Crippen LogP contribution in [0.5, 0.6) is 6.01 Å². The fourth-order valence-electron chi connectivity index (χ4n) is 4.37. The van der Waals surface area contributed by atoms with Crippen molar-refractivity contribution in [2.24, 2.45) is 0 Å². The zero-order valence-electron chi connectivity index (χ0n) is 22.1. The number of nitrogens with zero attached hydrogens (tertiary/aromatic N) is 5. The Labute approximate surface area is 240 Å². The highest BCUT2D eigenvalue weighted by Crippen LogP contribution is 2.34. The van der Waals surface area contributed by atoms with Gasteiger partial charge in [-0.3, -0.25) is 4.79 Å². The van der Waals surface area contributed by atoms with E-state index in [0.29, 0.717) is 27.9 Å². The van der Waals surface area contributed by atoms with Gasteiger partial charge in [-0.1, -0.05) is 23.7 Å². The molecular formula is C27H24ClF3N6O3S. The summed E-state index contributed by atoms with van der Waals surface area (Å²) in [6, 6.07) is 12.5. The lowest BCUT2D eigenvalue weighted by Gasteiger charge is -2.15. The average Bonchev–Trinajstić information content (AvgIpc) is 3.51. The fraction of sp³-hybridized carbons (Fsp3) is 0.259. The number of anilines is 1. The van der Waals surface area contributed by atoms with Gasteiger partial charge in [0.1, 0.15) is 4.70 Å². The molecule has 2 aromatic carbocycles. The van der Waals surface area contributed by atoms with E-state index in [1.54, 1.807) is 48.5 Å². The second-order valence-electron chi connectivity index (χ2n) is 9.34. The lowest BCUT2D eigenvalue weighted by molar-refractivity contribution is -0.190. The third kappa shape index (κ3) is 5.65. The summed E-state index contributed by atoms with van der Waals surface area (Å²) >= 11 is 7.10. The topological polar surface area (TPSA) is 94.3 Å². The highest BCUT2D eigenvalue weighted by atomic mass is 35.5. The quantitative estimate of drug-likeness (QED) is 0.191. The van der Waals surface area contributed by atoms with E-state index in [9.17, 15) is 22.8 Å². The Kier molecular flexibility index (Phi) is 7.77. The summed E-state index contributed by atoms with van der Waals surface area (Å²) in [4.78, 5) is 37.0. The predicted octanol–water partition coefficient (Wildman–Crippen LogP) is 5.26. The molecule has 0 bridgehead atoms. The van der Waals surface area contributed by atoms with Crippen LogP contribution in [0, 0.1) is 0 Å². The van der Waals surface area contributed by atoms with Crippen molar-refractivity contribution in [3.8, 4) is 22.1 Å². The van der Waals surface area contributed by atoms with Crippen LogP contribution < -0.4 is 20.5 Å². The number of imidazole rings is 1. The molecule has 0 amide bonds. The second kappa shape index (κ2) is 11.1. The number of aryl methyl sites for hydroxylation is 1. The fourth-order valence-corrected chi connectivity index (χ4v) is 5.53. The van der Waals surface area contributed by atoms with Crippen molar-refractivity contribution in [2.45, 2.75) is 19.1 Å². The maximum Gasteiger partial charge on any atom is 0.491 e. The van der Waals surface area contributed by atoms with E-state index in [1.807, 2.05) is 30.6 Å². The van der Waals surface area contributed by atoms with Crippen LogP contribution in [-0.4, -0.2) is 58.9 Å². The summed E-state index contributed by atoms with van der Waals surface area (Å²) < 4.78 is 47.3. The van der Waals surface area contributed by atoms with Crippen molar-refractivity contribution >= 4 is 56.1 Å². The molecule has 1 N–H and O–H groups in total. The SMILES string of the molecule is CNCCCn1c(N(C)C)nc2cc(-n3c(OC(=O)C(F)(F)F)nc4cc(-c5ccc(Cl)cc5)sc4c3=O)ccc21. The third-order valence-electron chi connectivity index (χ3n) is 6.24. The number of carbonyl (C=O) groups is 1. The van der Waals surface area contributed by atoms with E-state index >= 15 is 0 Å². The van der Waals surface area contributed by atoms with E-state index in [2.05, 4.69) is 20.0 Å². The van der Waals surface area contributed by atoms with Gasteiger partial charge < -0.3 is 19.5 Å². The summed E-state index contributed by atoms with van der Waals surface area (Å²) in [5.74, 6) is -1.82. The Morgan fingerprint density at radius 3 is 2.49 bits per heavy atom. The molecule has 0 aliphatic carbocycles. The van der Waals surface area contributed by atoms with Crippen molar-refractivity contribution in [3.63, 3.8) is 0 Å². The Morgan fingerprint density at radius 1 is 1.10 bits per heavy atom. The minimum absolute atomic E-state index is 0.0935. The molecule has 5 rings (SSSR count). The van der Waals surface area contributed by atoms with Crippen LogP contribution in [0.1, 0.15) is 6.42 Å². The zero-order chi connectivity index (χ0) is 29.5. The first-order chi connectivity index (χ1) is 19.5. The van der Waals surface area contributed by atoms with Crippen LogP contribution in [-0.2, 0) is 11.3 Å².